The minimum Gasteiger partial charge on any atom is -0.444 e. The van der Waals surface area contributed by atoms with Crippen molar-refractivity contribution in [3.05, 3.63) is 17.5 Å². The van der Waals surface area contributed by atoms with Crippen LogP contribution in [-0.4, -0.2) is 33.6 Å². The van der Waals surface area contributed by atoms with E-state index < -0.39 is 5.60 Å². The van der Waals surface area contributed by atoms with Gasteiger partial charge in [-0.1, -0.05) is 0 Å². The van der Waals surface area contributed by atoms with Gasteiger partial charge >= 0.3 is 6.09 Å². The number of hydrogen-bond donors (Lipinski definition) is 2. The fourth-order valence-corrected chi connectivity index (χ4v) is 2.89. The Morgan fingerprint density at radius 3 is 2.43 bits per heavy atom. The van der Waals surface area contributed by atoms with Gasteiger partial charge in [-0.25, -0.2) is 4.79 Å². The van der Waals surface area contributed by atoms with E-state index in [1.807, 2.05) is 38.7 Å². The number of aromatic nitrogens is 2. The lowest BCUT2D eigenvalue weighted by molar-refractivity contribution is 0.0489. The zero-order valence-corrected chi connectivity index (χ0v) is 15.0. The van der Waals surface area contributed by atoms with E-state index in [4.69, 9.17) is 4.74 Å². The Kier molecular flexibility index (Phi) is 5.68. The van der Waals surface area contributed by atoms with Gasteiger partial charge in [0.2, 0.25) is 0 Å². The molecular weight excluding hydrogens is 292 g/mol. The molecule has 6 heteroatoms. The molecule has 0 spiro atoms. The monoisotopic (exact) mass is 322 g/mol. The maximum Gasteiger partial charge on any atom is 0.407 e. The Balaban J connectivity index is 1.70. The molecule has 1 aromatic rings. The zero-order valence-electron chi connectivity index (χ0n) is 15.0. The van der Waals surface area contributed by atoms with Crippen LogP contribution in [-0.2, 0) is 18.3 Å². The molecule has 1 aliphatic rings. The molecule has 1 aromatic heterocycles. The summed E-state index contributed by atoms with van der Waals surface area (Å²) < 4.78 is 7.21. The fraction of sp³-hybridized carbons (Fsp3) is 0.765. The number of aryl methyl sites for hydroxylation is 1. The van der Waals surface area contributed by atoms with Gasteiger partial charge < -0.3 is 15.4 Å². The quantitative estimate of drug-likeness (QED) is 0.894. The smallest absolute Gasteiger partial charge is 0.407 e. The van der Waals surface area contributed by atoms with Gasteiger partial charge in [-0.3, -0.25) is 4.68 Å². The molecular formula is C17H30N4O2. The van der Waals surface area contributed by atoms with E-state index in [9.17, 15) is 4.79 Å². The molecule has 23 heavy (non-hydrogen) atoms. The molecule has 0 unspecified atom stereocenters. The van der Waals surface area contributed by atoms with Crippen molar-refractivity contribution >= 4 is 6.09 Å². The Labute approximate surface area is 139 Å². The number of amides is 1. The number of carbonyl (C=O) groups is 1. The lowest BCUT2D eigenvalue weighted by atomic mass is 9.91. The lowest BCUT2D eigenvalue weighted by Gasteiger charge is -2.30. The van der Waals surface area contributed by atoms with E-state index in [1.54, 1.807) is 0 Å². The Hall–Kier alpha value is -1.56. The second-order valence-corrected chi connectivity index (χ2v) is 7.45. The number of alkyl carbamates (subject to hydrolysis) is 1. The van der Waals surface area contributed by atoms with Gasteiger partial charge in [-0.2, -0.15) is 5.10 Å². The lowest BCUT2D eigenvalue weighted by Crippen LogP contribution is -2.43. The van der Waals surface area contributed by atoms with Gasteiger partial charge in [0.25, 0.3) is 0 Å². The highest BCUT2D eigenvalue weighted by atomic mass is 16.6. The predicted octanol–water partition coefficient (Wildman–Crippen LogP) is 2.65. The van der Waals surface area contributed by atoms with E-state index in [0.29, 0.717) is 6.04 Å². The molecule has 2 rings (SSSR count). The average molecular weight is 322 g/mol. The molecule has 1 aliphatic carbocycles. The number of carbonyl (C=O) groups excluding carboxylic acids is 1. The van der Waals surface area contributed by atoms with Crippen molar-refractivity contribution in [1.82, 2.24) is 20.4 Å². The first-order valence-electron chi connectivity index (χ1n) is 8.45. The summed E-state index contributed by atoms with van der Waals surface area (Å²) in [6, 6.07) is 0.731. The first kappa shape index (κ1) is 17.8. The molecule has 0 saturated heterocycles. The largest absolute Gasteiger partial charge is 0.444 e. The molecule has 2 N–H and O–H groups in total. The standard InChI is InChI=1S/C17H30N4O2/c1-12-13(11-19-21(12)5)10-18-14-6-8-15(9-7-14)20-16(22)23-17(2,3)4/h11,14-15,18H,6-10H2,1-5H3,(H,20,22). The third kappa shape index (κ3) is 5.53. The van der Waals surface area contributed by atoms with Crippen LogP contribution in [0.25, 0.3) is 0 Å². The molecule has 0 aromatic carbocycles. The van der Waals surface area contributed by atoms with Gasteiger partial charge in [0.1, 0.15) is 5.60 Å². The highest BCUT2D eigenvalue weighted by molar-refractivity contribution is 5.68. The topological polar surface area (TPSA) is 68.2 Å². The second-order valence-electron chi connectivity index (χ2n) is 7.45. The van der Waals surface area contributed by atoms with Gasteiger partial charge in [0, 0.05) is 36.9 Å². The fourth-order valence-electron chi connectivity index (χ4n) is 2.89. The summed E-state index contributed by atoms with van der Waals surface area (Å²) in [6.45, 7) is 8.59. The van der Waals surface area contributed by atoms with E-state index >= 15 is 0 Å². The van der Waals surface area contributed by atoms with Gasteiger partial charge in [-0.15, -0.1) is 0 Å². The van der Waals surface area contributed by atoms with Crippen molar-refractivity contribution in [1.29, 1.82) is 0 Å². The Bertz CT molecular complexity index is 525. The summed E-state index contributed by atoms with van der Waals surface area (Å²) in [5.41, 5.74) is 2.02. The summed E-state index contributed by atoms with van der Waals surface area (Å²) in [5, 5.41) is 10.9. The SMILES string of the molecule is Cc1c(CNC2CCC(NC(=O)OC(C)(C)C)CC2)cnn1C. The van der Waals surface area contributed by atoms with Gasteiger partial charge in [-0.05, 0) is 53.4 Å². The van der Waals surface area contributed by atoms with Crippen LogP contribution in [0.2, 0.25) is 0 Å². The molecule has 0 radical (unpaired) electrons. The Morgan fingerprint density at radius 1 is 1.30 bits per heavy atom. The summed E-state index contributed by atoms with van der Waals surface area (Å²) in [6.07, 6.45) is 5.74. The minimum atomic E-state index is -0.440. The van der Waals surface area contributed by atoms with E-state index in [-0.39, 0.29) is 12.1 Å². The molecule has 0 atom stereocenters. The van der Waals surface area contributed by atoms with Crippen molar-refractivity contribution in [2.45, 2.75) is 77.6 Å². The van der Waals surface area contributed by atoms with Crippen LogP contribution in [0.4, 0.5) is 4.79 Å². The highest BCUT2D eigenvalue weighted by Crippen LogP contribution is 2.20. The maximum absolute atomic E-state index is 11.8. The highest BCUT2D eigenvalue weighted by Gasteiger charge is 2.24. The van der Waals surface area contributed by atoms with Crippen LogP contribution in [0.15, 0.2) is 6.20 Å². The zero-order chi connectivity index (χ0) is 17.0. The normalized spacial score (nSPS) is 22.0. The number of nitrogens with zero attached hydrogens (tertiary/aromatic N) is 2. The van der Waals surface area contributed by atoms with Crippen molar-refractivity contribution in [3.8, 4) is 0 Å². The average Bonchev–Trinajstić information content (AvgIpc) is 2.76. The summed E-state index contributed by atoms with van der Waals surface area (Å²) in [5.74, 6) is 0. The third-order valence-electron chi connectivity index (χ3n) is 4.37. The van der Waals surface area contributed by atoms with Crippen LogP contribution in [0, 0.1) is 6.92 Å². The van der Waals surface area contributed by atoms with Crippen molar-refractivity contribution in [2.75, 3.05) is 0 Å². The van der Waals surface area contributed by atoms with Crippen LogP contribution in [0.3, 0.4) is 0 Å². The molecule has 1 fully saturated rings. The van der Waals surface area contributed by atoms with Crippen molar-refractivity contribution in [3.63, 3.8) is 0 Å². The van der Waals surface area contributed by atoms with Crippen molar-refractivity contribution in [2.24, 2.45) is 7.05 Å². The molecule has 0 bridgehead atoms. The molecule has 0 aliphatic heterocycles. The number of rotatable bonds is 4. The summed E-state index contributed by atoms with van der Waals surface area (Å²) >= 11 is 0. The molecule has 130 valence electrons. The first-order chi connectivity index (χ1) is 10.7. The number of nitrogens with one attached hydrogen (secondary N) is 2. The van der Waals surface area contributed by atoms with E-state index in [1.165, 1.54) is 11.3 Å². The predicted molar refractivity (Wildman–Crippen MR) is 90.2 cm³/mol. The third-order valence-corrected chi connectivity index (χ3v) is 4.37. The summed E-state index contributed by atoms with van der Waals surface area (Å²) in [7, 11) is 1.96. The maximum atomic E-state index is 11.8. The molecule has 6 nitrogen and oxygen atoms in total. The van der Waals surface area contributed by atoms with Crippen LogP contribution in [0.5, 0.6) is 0 Å². The van der Waals surface area contributed by atoms with Gasteiger partial charge in [0.05, 0.1) is 6.20 Å². The second kappa shape index (κ2) is 7.34. The molecule has 1 heterocycles. The molecule has 1 saturated carbocycles. The van der Waals surface area contributed by atoms with Gasteiger partial charge in [0.15, 0.2) is 0 Å². The number of hydrogen-bond acceptors (Lipinski definition) is 4. The van der Waals surface area contributed by atoms with Crippen molar-refractivity contribution < 1.29 is 9.53 Å². The first-order valence-corrected chi connectivity index (χ1v) is 8.45. The summed E-state index contributed by atoms with van der Waals surface area (Å²) in [4.78, 5) is 11.8. The van der Waals surface area contributed by atoms with E-state index in [2.05, 4.69) is 22.7 Å². The molecule has 1 amide bonds. The van der Waals surface area contributed by atoms with Crippen LogP contribution >= 0.6 is 0 Å². The Morgan fingerprint density at radius 2 is 1.91 bits per heavy atom. The number of ether oxygens (including phenoxy) is 1. The minimum absolute atomic E-state index is 0.225. The van der Waals surface area contributed by atoms with E-state index in [0.717, 1.165) is 32.2 Å². The van der Waals surface area contributed by atoms with Crippen LogP contribution < -0.4 is 10.6 Å². The van der Waals surface area contributed by atoms with Crippen LogP contribution in [0.1, 0.15) is 57.7 Å².